The molecule has 0 saturated heterocycles. The molecule has 1 aliphatic rings. The van der Waals surface area contributed by atoms with Crippen LogP contribution in [0.3, 0.4) is 0 Å². The van der Waals surface area contributed by atoms with Crippen LogP contribution in [0.1, 0.15) is 18.9 Å². The number of amidine groups is 1. The van der Waals surface area contributed by atoms with E-state index in [0.29, 0.717) is 18.1 Å². The minimum Gasteiger partial charge on any atom is -0.281 e. The number of nitrogens with zero attached hydrogens (tertiary/aromatic N) is 3. The summed E-state index contributed by atoms with van der Waals surface area (Å²) in [5.41, 5.74) is 1.90. The molecule has 0 bridgehead atoms. The maximum Gasteiger partial charge on any atom is 0.287 e. The number of halogens is 1. The van der Waals surface area contributed by atoms with Crippen LogP contribution in [0.25, 0.3) is 0 Å². The van der Waals surface area contributed by atoms with E-state index in [1.807, 2.05) is 32.0 Å². The second-order valence-corrected chi connectivity index (χ2v) is 7.36. The highest BCUT2D eigenvalue weighted by molar-refractivity contribution is 9.10. The molecule has 1 aromatic carbocycles. The molecular formula is C15H14BrN3O2S. The van der Waals surface area contributed by atoms with Crippen molar-refractivity contribution in [3.63, 3.8) is 0 Å². The maximum atomic E-state index is 12.3. The monoisotopic (exact) mass is 379 g/mol. The van der Waals surface area contributed by atoms with E-state index in [-0.39, 0.29) is 4.90 Å². The van der Waals surface area contributed by atoms with Gasteiger partial charge in [0.05, 0.1) is 0 Å². The average molecular weight is 380 g/mol. The number of aryl methyl sites for hydroxylation is 1. The first-order valence-electron chi connectivity index (χ1n) is 6.79. The molecule has 0 N–H and O–H groups in total. The summed E-state index contributed by atoms with van der Waals surface area (Å²) in [6.45, 7) is 3.86. The first-order chi connectivity index (χ1) is 10.4. The third kappa shape index (κ3) is 2.44. The Labute approximate surface area is 137 Å². The number of sulfonamides is 1. The summed E-state index contributed by atoms with van der Waals surface area (Å²) in [7, 11) is -3.69. The zero-order chi connectivity index (χ0) is 15.9. The number of pyridine rings is 1. The lowest BCUT2D eigenvalue weighted by Crippen LogP contribution is -2.32. The molecule has 0 radical (unpaired) electrons. The highest BCUT2D eigenvalue weighted by Gasteiger charge is 2.32. The number of aromatic nitrogens is 1. The van der Waals surface area contributed by atoms with Crippen LogP contribution in [0, 0.1) is 6.92 Å². The largest absolute Gasteiger partial charge is 0.287 e. The van der Waals surface area contributed by atoms with Crippen molar-refractivity contribution in [1.29, 1.82) is 0 Å². The van der Waals surface area contributed by atoms with Crippen LogP contribution >= 0.6 is 15.9 Å². The molecular weight excluding hydrogens is 366 g/mol. The Hall–Kier alpha value is -1.73. The molecule has 5 nitrogen and oxygen atoms in total. The van der Waals surface area contributed by atoms with Crippen LogP contribution < -0.4 is 4.90 Å². The molecule has 2 aromatic rings. The summed E-state index contributed by atoms with van der Waals surface area (Å²) in [5.74, 6) is 0.865. The lowest BCUT2D eigenvalue weighted by molar-refractivity contribution is 0.596. The van der Waals surface area contributed by atoms with Gasteiger partial charge in [0.1, 0.15) is 10.7 Å². The summed E-state index contributed by atoms with van der Waals surface area (Å²) in [4.78, 5) is 6.21. The molecule has 0 saturated carbocycles. The fraction of sp³-hybridized carbons (Fsp3) is 0.200. The summed E-state index contributed by atoms with van der Waals surface area (Å²) in [6, 6.07) is 8.97. The molecule has 0 amide bonds. The predicted molar refractivity (Wildman–Crippen MR) is 90.2 cm³/mol. The van der Waals surface area contributed by atoms with E-state index in [1.165, 1.54) is 6.07 Å². The smallest absolute Gasteiger partial charge is 0.281 e. The molecule has 0 unspecified atom stereocenters. The van der Waals surface area contributed by atoms with Crippen LogP contribution in [-0.2, 0) is 10.0 Å². The van der Waals surface area contributed by atoms with Crippen LogP contribution in [0.4, 0.5) is 11.5 Å². The van der Waals surface area contributed by atoms with Crippen LogP contribution in [0.5, 0.6) is 0 Å². The van der Waals surface area contributed by atoms with Crippen LogP contribution in [0.2, 0.25) is 0 Å². The Bertz CT molecular complexity index is 878. The Morgan fingerprint density at radius 1 is 1.27 bits per heavy atom. The molecule has 2 heterocycles. The van der Waals surface area contributed by atoms with Crippen molar-refractivity contribution in [1.82, 2.24) is 4.98 Å². The summed E-state index contributed by atoms with van der Waals surface area (Å²) in [6.07, 6.45) is 2.08. The topological polar surface area (TPSA) is 62.6 Å². The van der Waals surface area contributed by atoms with E-state index in [4.69, 9.17) is 0 Å². The first-order valence-corrected chi connectivity index (χ1v) is 9.02. The van der Waals surface area contributed by atoms with Gasteiger partial charge in [0.25, 0.3) is 10.0 Å². The van der Waals surface area contributed by atoms with E-state index in [1.54, 1.807) is 17.2 Å². The van der Waals surface area contributed by atoms with Crippen molar-refractivity contribution in [3.8, 4) is 0 Å². The molecule has 1 aliphatic heterocycles. The highest BCUT2D eigenvalue weighted by Crippen LogP contribution is 2.36. The molecule has 3 rings (SSSR count). The van der Waals surface area contributed by atoms with Crippen molar-refractivity contribution < 1.29 is 8.42 Å². The standard InChI is InChI=1S/C15H14BrN3O2S/c1-3-14-18-22(20,21)13-5-4-8-17-15(13)19(14)11-6-7-12(16)10(2)9-11/h4-9H,3H2,1-2H3. The van der Waals surface area contributed by atoms with Crippen LogP contribution in [-0.4, -0.2) is 19.2 Å². The number of hydrogen-bond acceptors (Lipinski definition) is 4. The van der Waals surface area contributed by atoms with Crippen molar-refractivity contribution >= 4 is 43.3 Å². The Morgan fingerprint density at radius 3 is 2.73 bits per heavy atom. The van der Waals surface area contributed by atoms with Gasteiger partial charge in [-0.15, -0.1) is 4.40 Å². The van der Waals surface area contributed by atoms with E-state index in [2.05, 4.69) is 25.3 Å². The van der Waals surface area contributed by atoms with Crippen molar-refractivity contribution in [2.45, 2.75) is 25.2 Å². The molecule has 0 atom stereocenters. The minimum atomic E-state index is -3.69. The van der Waals surface area contributed by atoms with Gasteiger partial charge in [-0.2, -0.15) is 8.42 Å². The Morgan fingerprint density at radius 2 is 2.05 bits per heavy atom. The van der Waals surface area contributed by atoms with Gasteiger partial charge < -0.3 is 0 Å². The van der Waals surface area contributed by atoms with Gasteiger partial charge >= 0.3 is 0 Å². The molecule has 114 valence electrons. The van der Waals surface area contributed by atoms with Gasteiger partial charge in [-0.1, -0.05) is 22.9 Å². The van der Waals surface area contributed by atoms with Crippen molar-refractivity contribution in [2.24, 2.45) is 4.40 Å². The number of rotatable bonds is 2. The second-order valence-electron chi connectivity index (χ2n) is 4.93. The number of fused-ring (bicyclic) bond motifs is 1. The highest BCUT2D eigenvalue weighted by atomic mass is 79.9. The van der Waals surface area contributed by atoms with Gasteiger partial charge in [0.15, 0.2) is 5.82 Å². The Balaban J connectivity index is 2.27. The van der Waals surface area contributed by atoms with Gasteiger partial charge in [-0.25, -0.2) is 4.98 Å². The number of hydrogen-bond donors (Lipinski definition) is 0. The summed E-state index contributed by atoms with van der Waals surface area (Å²) < 4.78 is 29.5. The zero-order valence-corrected chi connectivity index (χ0v) is 14.5. The molecule has 7 heteroatoms. The lowest BCUT2D eigenvalue weighted by Gasteiger charge is -2.29. The summed E-state index contributed by atoms with van der Waals surface area (Å²) >= 11 is 3.48. The lowest BCUT2D eigenvalue weighted by atomic mass is 10.2. The second kappa shape index (κ2) is 5.48. The number of benzene rings is 1. The molecule has 0 fully saturated rings. The SMILES string of the molecule is CCC1=NS(=O)(=O)c2cccnc2N1c1ccc(Br)c(C)c1. The van der Waals surface area contributed by atoms with E-state index in [0.717, 1.165) is 15.7 Å². The number of anilines is 2. The van der Waals surface area contributed by atoms with Gasteiger partial charge in [0, 0.05) is 22.8 Å². The average Bonchev–Trinajstić information content (AvgIpc) is 2.50. The predicted octanol–water partition coefficient (Wildman–Crippen LogP) is 3.80. The van der Waals surface area contributed by atoms with Gasteiger partial charge in [0.2, 0.25) is 0 Å². The summed E-state index contributed by atoms with van der Waals surface area (Å²) in [5, 5.41) is 0. The van der Waals surface area contributed by atoms with E-state index >= 15 is 0 Å². The van der Waals surface area contributed by atoms with Crippen molar-refractivity contribution in [3.05, 3.63) is 46.6 Å². The van der Waals surface area contributed by atoms with Gasteiger partial charge in [-0.05, 0) is 42.8 Å². The quantitative estimate of drug-likeness (QED) is 0.795. The minimum absolute atomic E-state index is 0.132. The molecule has 1 aromatic heterocycles. The molecule has 22 heavy (non-hydrogen) atoms. The maximum absolute atomic E-state index is 12.3. The fourth-order valence-corrected chi connectivity index (χ4v) is 3.82. The fourth-order valence-electron chi connectivity index (χ4n) is 2.36. The molecule has 0 aliphatic carbocycles. The zero-order valence-electron chi connectivity index (χ0n) is 12.1. The third-order valence-corrected chi connectivity index (χ3v) is 5.66. The first kappa shape index (κ1) is 15.2. The molecule has 0 spiro atoms. The van der Waals surface area contributed by atoms with Gasteiger partial charge in [-0.3, -0.25) is 4.90 Å². The van der Waals surface area contributed by atoms with Crippen LogP contribution in [0.15, 0.2) is 50.3 Å². The Kier molecular flexibility index (Phi) is 3.78. The normalized spacial score (nSPS) is 16.1. The van der Waals surface area contributed by atoms with Crippen molar-refractivity contribution in [2.75, 3.05) is 4.90 Å². The van der Waals surface area contributed by atoms with E-state index < -0.39 is 10.0 Å². The third-order valence-electron chi connectivity index (χ3n) is 3.44. The van der Waals surface area contributed by atoms with E-state index in [9.17, 15) is 8.42 Å².